The van der Waals surface area contributed by atoms with E-state index in [-0.39, 0.29) is 30.6 Å². The second-order valence-electron chi connectivity index (χ2n) is 7.85. The highest BCUT2D eigenvalue weighted by Gasteiger charge is 2.38. The van der Waals surface area contributed by atoms with Crippen molar-refractivity contribution in [2.75, 3.05) is 34.3 Å². The highest BCUT2D eigenvalue weighted by molar-refractivity contribution is 7.10. The first-order valence-corrected chi connectivity index (χ1v) is 10.8. The van der Waals surface area contributed by atoms with E-state index in [1.165, 1.54) is 10.4 Å². The van der Waals surface area contributed by atoms with Gasteiger partial charge in [-0.05, 0) is 54.0 Å². The Morgan fingerprint density at radius 1 is 1.17 bits per heavy atom. The lowest BCUT2D eigenvalue weighted by Gasteiger charge is -2.38. The summed E-state index contributed by atoms with van der Waals surface area (Å²) >= 11 is 1.75. The molecule has 1 aliphatic heterocycles. The third-order valence-corrected chi connectivity index (χ3v) is 6.64. The zero-order valence-corrected chi connectivity index (χ0v) is 17.9. The van der Waals surface area contributed by atoms with E-state index in [0.717, 1.165) is 30.6 Å². The van der Waals surface area contributed by atoms with Gasteiger partial charge in [0.15, 0.2) is 0 Å². The molecule has 2 heterocycles. The van der Waals surface area contributed by atoms with E-state index in [1.807, 2.05) is 29.2 Å². The van der Waals surface area contributed by atoms with E-state index in [9.17, 15) is 9.59 Å². The first kappa shape index (κ1) is 19.8. The predicted octanol–water partition coefficient (Wildman–Crippen LogP) is 3.38. The highest BCUT2D eigenvalue weighted by Crippen LogP contribution is 2.38. The van der Waals surface area contributed by atoms with Crippen LogP contribution >= 0.6 is 11.3 Å². The molecule has 2 aromatic rings. The number of benzene rings is 1. The molecule has 7 heteroatoms. The minimum atomic E-state index is -0.126. The van der Waals surface area contributed by atoms with Crippen LogP contribution in [0.3, 0.4) is 0 Å². The van der Waals surface area contributed by atoms with Gasteiger partial charge in [-0.1, -0.05) is 12.1 Å². The van der Waals surface area contributed by atoms with Crippen LogP contribution in [0.4, 0.5) is 4.79 Å². The number of thiophene rings is 1. The number of methoxy groups -OCH3 is 1. The average Bonchev–Trinajstić information content (AvgIpc) is 3.46. The standard InChI is InChI=1S/C22H27N3O3S/c1-23(2)22(27)25(16-6-7-16)14-20(26)24-12-10-19-18(11-13-29-19)21(24)15-4-8-17(28-3)9-5-15/h4-5,8-9,11,13,16,21H,6-7,10,12,14H2,1-3H3/t21-/m0/s1. The molecule has 0 saturated heterocycles. The molecule has 6 nitrogen and oxygen atoms in total. The number of hydrogen-bond donors (Lipinski definition) is 0. The Bertz CT molecular complexity index is 889. The number of hydrogen-bond acceptors (Lipinski definition) is 4. The number of carbonyl (C=O) groups excluding carboxylic acids is 2. The van der Waals surface area contributed by atoms with Crippen LogP contribution in [0.1, 0.15) is 34.9 Å². The fourth-order valence-corrected chi connectivity index (χ4v) is 4.87. The minimum Gasteiger partial charge on any atom is -0.497 e. The van der Waals surface area contributed by atoms with E-state index in [2.05, 4.69) is 11.4 Å². The first-order valence-electron chi connectivity index (χ1n) is 9.97. The monoisotopic (exact) mass is 413 g/mol. The molecule has 1 aromatic carbocycles. The largest absolute Gasteiger partial charge is 0.497 e. The summed E-state index contributed by atoms with van der Waals surface area (Å²) in [5, 5.41) is 2.10. The lowest BCUT2D eigenvalue weighted by molar-refractivity contribution is -0.134. The molecule has 1 aliphatic carbocycles. The summed E-state index contributed by atoms with van der Waals surface area (Å²) in [6.07, 6.45) is 2.81. The number of nitrogens with zero attached hydrogens (tertiary/aromatic N) is 3. The average molecular weight is 414 g/mol. The molecule has 4 rings (SSSR count). The topological polar surface area (TPSA) is 53.1 Å². The number of carbonyl (C=O) groups is 2. The quantitative estimate of drug-likeness (QED) is 0.755. The van der Waals surface area contributed by atoms with Crippen LogP contribution in [-0.4, -0.2) is 67.0 Å². The summed E-state index contributed by atoms with van der Waals surface area (Å²) in [4.78, 5) is 32.5. The maximum Gasteiger partial charge on any atom is 0.320 e. The maximum atomic E-state index is 13.4. The molecule has 0 bridgehead atoms. The van der Waals surface area contributed by atoms with Crippen LogP contribution in [0, 0.1) is 0 Å². The number of fused-ring (bicyclic) bond motifs is 1. The molecule has 1 aromatic heterocycles. The zero-order valence-electron chi connectivity index (χ0n) is 17.1. The van der Waals surface area contributed by atoms with E-state index < -0.39 is 0 Å². The molecular formula is C22H27N3O3S. The van der Waals surface area contributed by atoms with Crippen LogP contribution < -0.4 is 4.74 Å². The van der Waals surface area contributed by atoms with Crippen LogP contribution in [0.2, 0.25) is 0 Å². The molecule has 0 spiro atoms. The van der Waals surface area contributed by atoms with Gasteiger partial charge in [-0.25, -0.2) is 4.79 Å². The van der Waals surface area contributed by atoms with Gasteiger partial charge >= 0.3 is 6.03 Å². The molecule has 3 amide bonds. The summed E-state index contributed by atoms with van der Waals surface area (Å²) in [6, 6.07) is 10.0. The Hall–Kier alpha value is -2.54. The lowest BCUT2D eigenvalue weighted by Crippen LogP contribution is -2.49. The molecule has 154 valence electrons. The molecule has 0 N–H and O–H groups in total. The predicted molar refractivity (Wildman–Crippen MR) is 113 cm³/mol. The Morgan fingerprint density at radius 3 is 2.52 bits per heavy atom. The van der Waals surface area contributed by atoms with Crippen molar-refractivity contribution in [1.29, 1.82) is 0 Å². The molecular weight excluding hydrogens is 386 g/mol. The fourth-order valence-electron chi connectivity index (χ4n) is 3.96. The van der Waals surface area contributed by atoms with E-state index in [0.29, 0.717) is 6.54 Å². The zero-order chi connectivity index (χ0) is 20.5. The van der Waals surface area contributed by atoms with Crippen molar-refractivity contribution in [2.45, 2.75) is 31.3 Å². The van der Waals surface area contributed by atoms with Crippen molar-refractivity contribution in [1.82, 2.24) is 14.7 Å². The SMILES string of the molecule is COc1ccc([C@H]2c3ccsc3CCN2C(=O)CN(C(=O)N(C)C)C2CC2)cc1. The number of amides is 3. The van der Waals surface area contributed by atoms with E-state index in [4.69, 9.17) is 4.74 Å². The third-order valence-electron chi connectivity index (χ3n) is 5.64. The lowest BCUT2D eigenvalue weighted by atomic mass is 9.93. The van der Waals surface area contributed by atoms with Gasteiger partial charge in [0, 0.05) is 31.6 Å². The van der Waals surface area contributed by atoms with Crippen molar-refractivity contribution in [3.05, 3.63) is 51.7 Å². The van der Waals surface area contributed by atoms with Crippen LogP contribution in [0.15, 0.2) is 35.7 Å². The van der Waals surface area contributed by atoms with Crippen LogP contribution in [0.25, 0.3) is 0 Å². The molecule has 0 radical (unpaired) electrons. The second-order valence-corrected chi connectivity index (χ2v) is 8.85. The number of rotatable bonds is 5. The van der Waals surface area contributed by atoms with Crippen LogP contribution in [0.5, 0.6) is 5.75 Å². The minimum absolute atomic E-state index is 0.00441. The smallest absolute Gasteiger partial charge is 0.320 e. The first-order chi connectivity index (χ1) is 14.0. The maximum absolute atomic E-state index is 13.4. The van der Waals surface area contributed by atoms with Gasteiger partial charge in [0.05, 0.1) is 13.2 Å². The second kappa shape index (κ2) is 8.06. The highest BCUT2D eigenvalue weighted by atomic mass is 32.1. The van der Waals surface area contributed by atoms with Gasteiger partial charge < -0.3 is 19.4 Å². The van der Waals surface area contributed by atoms with Gasteiger partial charge in [-0.3, -0.25) is 4.79 Å². The Morgan fingerprint density at radius 2 is 1.90 bits per heavy atom. The van der Waals surface area contributed by atoms with Crippen molar-refractivity contribution in [3.63, 3.8) is 0 Å². The van der Waals surface area contributed by atoms with Crippen LogP contribution in [-0.2, 0) is 11.2 Å². The summed E-state index contributed by atoms with van der Waals surface area (Å²) in [6.45, 7) is 0.797. The molecule has 2 aliphatic rings. The normalized spacial score (nSPS) is 18.2. The third kappa shape index (κ3) is 3.96. The molecule has 29 heavy (non-hydrogen) atoms. The van der Waals surface area contributed by atoms with Crippen molar-refractivity contribution in [2.24, 2.45) is 0 Å². The van der Waals surface area contributed by atoms with Gasteiger partial charge in [-0.2, -0.15) is 0 Å². The van der Waals surface area contributed by atoms with Gasteiger partial charge in [-0.15, -0.1) is 11.3 Å². The molecule has 1 fully saturated rings. The fraction of sp³-hybridized carbons (Fsp3) is 0.455. The molecule has 0 unspecified atom stereocenters. The van der Waals surface area contributed by atoms with Crippen molar-refractivity contribution >= 4 is 23.3 Å². The molecule has 1 atom stereocenters. The van der Waals surface area contributed by atoms with Crippen molar-refractivity contribution < 1.29 is 14.3 Å². The van der Waals surface area contributed by atoms with Gasteiger partial charge in [0.2, 0.25) is 5.91 Å². The number of urea groups is 1. The Labute approximate surface area is 175 Å². The summed E-state index contributed by atoms with van der Waals surface area (Å²) in [5.41, 5.74) is 2.26. The summed E-state index contributed by atoms with van der Waals surface area (Å²) in [7, 11) is 5.12. The number of ether oxygens (including phenoxy) is 1. The van der Waals surface area contributed by atoms with Gasteiger partial charge in [0.25, 0.3) is 0 Å². The Balaban J connectivity index is 1.62. The summed E-state index contributed by atoms with van der Waals surface area (Å²) in [5.74, 6) is 0.800. The molecule has 1 saturated carbocycles. The van der Waals surface area contributed by atoms with Gasteiger partial charge in [0.1, 0.15) is 12.3 Å². The summed E-state index contributed by atoms with van der Waals surface area (Å²) < 4.78 is 5.29. The Kier molecular flexibility index (Phi) is 5.50. The van der Waals surface area contributed by atoms with Crippen molar-refractivity contribution in [3.8, 4) is 5.75 Å². The van der Waals surface area contributed by atoms with E-state index in [1.54, 1.807) is 42.3 Å². The van der Waals surface area contributed by atoms with E-state index >= 15 is 0 Å².